The molecule has 0 saturated carbocycles. The molecular weight excluding hydrogens is 172 g/mol. The third-order valence-corrected chi connectivity index (χ3v) is 2.29. The largest absolute Gasteiger partial charge is 0.368 e. The van der Waals surface area contributed by atoms with Gasteiger partial charge in [0.1, 0.15) is 6.04 Å². The van der Waals surface area contributed by atoms with Crippen LogP contribution in [0.1, 0.15) is 6.42 Å². The number of rotatable bonds is 3. The van der Waals surface area contributed by atoms with Crippen molar-refractivity contribution in [1.29, 1.82) is 0 Å². The molecule has 0 bridgehead atoms. The van der Waals surface area contributed by atoms with Gasteiger partial charge in [-0.1, -0.05) is 0 Å². The smallest absolute Gasteiger partial charge is 0.236 e. The van der Waals surface area contributed by atoms with E-state index >= 15 is 0 Å². The SMILES string of the molecule is CNC1CC(C(N)=O)NC1C(N)=O. The monoisotopic (exact) mass is 186 g/mol. The van der Waals surface area contributed by atoms with Crippen LogP contribution in [-0.4, -0.2) is 37.0 Å². The molecule has 1 aliphatic rings. The van der Waals surface area contributed by atoms with Gasteiger partial charge in [0.05, 0.1) is 6.04 Å². The van der Waals surface area contributed by atoms with Crippen LogP contribution in [0.15, 0.2) is 0 Å². The van der Waals surface area contributed by atoms with Gasteiger partial charge in [0.2, 0.25) is 11.8 Å². The molecule has 0 radical (unpaired) electrons. The highest BCUT2D eigenvalue weighted by atomic mass is 16.2. The number of carbonyl (C=O) groups is 2. The van der Waals surface area contributed by atoms with Gasteiger partial charge in [0, 0.05) is 6.04 Å². The molecule has 3 atom stereocenters. The minimum Gasteiger partial charge on any atom is -0.368 e. The summed E-state index contributed by atoms with van der Waals surface area (Å²) in [7, 11) is 1.71. The third-order valence-electron chi connectivity index (χ3n) is 2.29. The van der Waals surface area contributed by atoms with Crippen molar-refractivity contribution in [3.63, 3.8) is 0 Å². The van der Waals surface area contributed by atoms with Gasteiger partial charge in [-0.2, -0.15) is 0 Å². The topological polar surface area (TPSA) is 110 Å². The number of nitrogens with one attached hydrogen (secondary N) is 2. The van der Waals surface area contributed by atoms with Crippen LogP contribution < -0.4 is 22.1 Å². The quantitative estimate of drug-likeness (QED) is 0.383. The summed E-state index contributed by atoms with van der Waals surface area (Å²) in [6.07, 6.45) is 0.499. The van der Waals surface area contributed by atoms with Gasteiger partial charge in [-0.3, -0.25) is 14.9 Å². The molecule has 3 unspecified atom stereocenters. The van der Waals surface area contributed by atoms with E-state index < -0.39 is 23.9 Å². The Morgan fingerprint density at radius 3 is 2.31 bits per heavy atom. The Labute approximate surface area is 76.0 Å². The van der Waals surface area contributed by atoms with E-state index in [0.717, 1.165) is 0 Å². The Morgan fingerprint density at radius 2 is 2.00 bits per heavy atom. The van der Waals surface area contributed by atoms with Crippen LogP contribution in [0.2, 0.25) is 0 Å². The van der Waals surface area contributed by atoms with Crippen molar-refractivity contribution >= 4 is 11.8 Å². The number of hydrogen-bond donors (Lipinski definition) is 4. The Kier molecular flexibility index (Phi) is 2.84. The van der Waals surface area contributed by atoms with E-state index in [2.05, 4.69) is 10.6 Å². The molecule has 1 saturated heterocycles. The normalized spacial score (nSPS) is 33.2. The molecule has 0 aliphatic carbocycles. The molecule has 1 aliphatic heterocycles. The van der Waals surface area contributed by atoms with Gasteiger partial charge < -0.3 is 16.8 Å². The molecule has 1 heterocycles. The number of nitrogens with two attached hydrogens (primary N) is 2. The zero-order valence-electron chi connectivity index (χ0n) is 7.41. The van der Waals surface area contributed by atoms with Crippen LogP contribution in [0.3, 0.4) is 0 Å². The Hall–Kier alpha value is -1.14. The van der Waals surface area contributed by atoms with Crippen molar-refractivity contribution in [2.45, 2.75) is 24.5 Å². The fraction of sp³-hybridized carbons (Fsp3) is 0.714. The van der Waals surface area contributed by atoms with Crippen molar-refractivity contribution in [3.05, 3.63) is 0 Å². The summed E-state index contributed by atoms with van der Waals surface area (Å²) in [6.45, 7) is 0. The lowest BCUT2D eigenvalue weighted by atomic mass is 10.1. The molecular formula is C7H14N4O2. The fourth-order valence-corrected chi connectivity index (χ4v) is 1.55. The van der Waals surface area contributed by atoms with Crippen molar-refractivity contribution in [2.24, 2.45) is 11.5 Å². The maximum atomic E-state index is 10.9. The lowest BCUT2D eigenvalue weighted by Gasteiger charge is -2.14. The highest BCUT2D eigenvalue weighted by Crippen LogP contribution is 2.12. The van der Waals surface area contributed by atoms with E-state index in [1.165, 1.54) is 0 Å². The van der Waals surface area contributed by atoms with Crippen LogP contribution in [0.5, 0.6) is 0 Å². The minimum absolute atomic E-state index is 0.116. The van der Waals surface area contributed by atoms with E-state index in [4.69, 9.17) is 11.5 Å². The Bertz CT molecular complexity index is 231. The second-order valence-corrected chi connectivity index (χ2v) is 3.13. The van der Waals surface area contributed by atoms with Gasteiger partial charge in [-0.25, -0.2) is 0 Å². The van der Waals surface area contributed by atoms with Gasteiger partial charge in [-0.15, -0.1) is 0 Å². The van der Waals surface area contributed by atoms with Crippen molar-refractivity contribution in [3.8, 4) is 0 Å². The fourth-order valence-electron chi connectivity index (χ4n) is 1.55. The molecule has 0 spiro atoms. The highest BCUT2D eigenvalue weighted by molar-refractivity contribution is 5.85. The van der Waals surface area contributed by atoms with Crippen molar-refractivity contribution in [1.82, 2.24) is 10.6 Å². The molecule has 0 aromatic rings. The number of likely N-dealkylation sites (N-methyl/N-ethyl adjacent to an activating group) is 1. The van der Waals surface area contributed by atoms with Crippen molar-refractivity contribution < 1.29 is 9.59 Å². The summed E-state index contributed by atoms with van der Waals surface area (Å²) in [5.74, 6) is -0.924. The molecule has 0 aromatic carbocycles. The Balaban J connectivity index is 2.66. The summed E-state index contributed by atoms with van der Waals surface area (Å²) in [5, 5.41) is 5.69. The minimum atomic E-state index is -0.512. The molecule has 6 N–H and O–H groups in total. The van der Waals surface area contributed by atoms with Crippen LogP contribution in [0.25, 0.3) is 0 Å². The molecule has 1 rings (SSSR count). The predicted octanol–water partition coefficient (Wildman–Crippen LogP) is -2.72. The average molecular weight is 186 g/mol. The predicted molar refractivity (Wildman–Crippen MR) is 46.6 cm³/mol. The zero-order valence-corrected chi connectivity index (χ0v) is 7.41. The zero-order chi connectivity index (χ0) is 10.0. The molecule has 1 fully saturated rings. The van der Waals surface area contributed by atoms with E-state index in [-0.39, 0.29) is 6.04 Å². The second-order valence-electron chi connectivity index (χ2n) is 3.13. The van der Waals surface area contributed by atoms with Gasteiger partial charge in [0.15, 0.2) is 0 Å². The molecule has 2 amide bonds. The van der Waals surface area contributed by atoms with Crippen LogP contribution in [0.4, 0.5) is 0 Å². The maximum Gasteiger partial charge on any atom is 0.236 e. The van der Waals surface area contributed by atoms with Crippen LogP contribution >= 0.6 is 0 Å². The molecule has 6 nitrogen and oxygen atoms in total. The van der Waals surface area contributed by atoms with Gasteiger partial charge in [-0.05, 0) is 13.5 Å². The first-order valence-corrected chi connectivity index (χ1v) is 4.08. The molecule has 6 heteroatoms. The first-order chi connectivity index (χ1) is 6.06. The standard InChI is InChI=1S/C7H14N4O2/c1-10-3-2-4(6(8)12)11-5(3)7(9)13/h3-5,10-11H,2H2,1H3,(H2,8,12)(H2,9,13). The summed E-state index contributed by atoms with van der Waals surface area (Å²) in [6, 6.07) is -1.09. The molecule has 74 valence electrons. The van der Waals surface area contributed by atoms with E-state index in [1.807, 2.05) is 0 Å². The van der Waals surface area contributed by atoms with E-state index in [0.29, 0.717) is 6.42 Å². The van der Waals surface area contributed by atoms with E-state index in [9.17, 15) is 9.59 Å². The lowest BCUT2D eigenvalue weighted by molar-refractivity contribution is -0.120. The number of hydrogen-bond acceptors (Lipinski definition) is 4. The first-order valence-electron chi connectivity index (χ1n) is 4.08. The first kappa shape index (κ1) is 9.94. The lowest BCUT2D eigenvalue weighted by Crippen LogP contribution is -2.49. The average Bonchev–Trinajstić information content (AvgIpc) is 2.47. The number of carbonyl (C=O) groups excluding carboxylic acids is 2. The highest BCUT2D eigenvalue weighted by Gasteiger charge is 2.38. The Morgan fingerprint density at radius 1 is 1.38 bits per heavy atom. The van der Waals surface area contributed by atoms with E-state index in [1.54, 1.807) is 7.05 Å². The third kappa shape index (κ3) is 1.96. The molecule has 0 aromatic heterocycles. The van der Waals surface area contributed by atoms with Gasteiger partial charge in [0.25, 0.3) is 0 Å². The maximum absolute atomic E-state index is 10.9. The van der Waals surface area contributed by atoms with Crippen molar-refractivity contribution in [2.75, 3.05) is 7.05 Å². The summed E-state index contributed by atoms with van der Waals surface area (Å²) in [4.78, 5) is 21.7. The number of amides is 2. The number of primary amides is 2. The molecule has 13 heavy (non-hydrogen) atoms. The second kappa shape index (κ2) is 3.71. The van der Waals surface area contributed by atoms with Crippen LogP contribution in [0, 0.1) is 0 Å². The summed E-state index contributed by atoms with van der Waals surface area (Å²) >= 11 is 0. The van der Waals surface area contributed by atoms with Crippen LogP contribution in [-0.2, 0) is 9.59 Å². The summed E-state index contributed by atoms with van der Waals surface area (Å²) < 4.78 is 0. The summed E-state index contributed by atoms with van der Waals surface area (Å²) in [5.41, 5.74) is 10.2. The van der Waals surface area contributed by atoms with Gasteiger partial charge >= 0.3 is 0 Å².